The lowest BCUT2D eigenvalue weighted by Crippen LogP contribution is -2.06. The Balaban J connectivity index is 0. The summed E-state index contributed by atoms with van der Waals surface area (Å²) in [7, 11) is 0. The van der Waals surface area contributed by atoms with Crippen molar-refractivity contribution in [3.8, 4) is 0 Å². The van der Waals surface area contributed by atoms with Gasteiger partial charge in [-0.3, -0.25) is 0 Å². The molecular weight excluding hydrogens is 536 g/mol. The Morgan fingerprint density at radius 1 is 0.250 bits per heavy atom. The third kappa shape index (κ3) is 39.9. The largest absolute Gasteiger partial charge is 0.396 e. The van der Waals surface area contributed by atoms with Crippen LogP contribution >= 0.6 is 0 Å². The SMILES string of the molecule is CCCCCCCCC(CO)CCCCCC.CCCCCCCCCCCCCC(CO)CCCCCCCCCCC. The van der Waals surface area contributed by atoms with Crippen LogP contribution in [0.15, 0.2) is 0 Å². The summed E-state index contributed by atoms with van der Waals surface area (Å²) in [6, 6.07) is 0. The van der Waals surface area contributed by atoms with Crippen LogP contribution in [0.5, 0.6) is 0 Å². The summed E-state index contributed by atoms with van der Waals surface area (Å²) in [5.41, 5.74) is 0. The van der Waals surface area contributed by atoms with Crippen molar-refractivity contribution in [2.24, 2.45) is 11.8 Å². The first-order valence-electron chi connectivity index (χ1n) is 20.9. The molecule has 0 heterocycles. The molecule has 44 heavy (non-hydrogen) atoms. The minimum absolute atomic E-state index is 0.404. The molecule has 0 bridgehead atoms. The fourth-order valence-corrected chi connectivity index (χ4v) is 6.57. The molecule has 0 amide bonds. The lowest BCUT2D eigenvalue weighted by Gasteiger charge is -2.13. The molecule has 2 heteroatoms. The van der Waals surface area contributed by atoms with Gasteiger partial charge < -0.3 is 10.2 Å². The van der Waals surface area contributed by atoms with Crippen LogP contribution in [0.2, 0.25) is 0 Å². The van der Waals surface area contributed by atoms with E-state index in [4.69, 9.17) is 0 Å². The van der Waals surface area contributed by atoms with Crippen LogP contribution in [0.4, 0.5) is 0 Å². The summed E-state index contributed by atoms with van der Waals surface area (Å²) in [6.45, 7) is 9.90. The molecule has 0 aromatic heterocycles. The molecular formula is C42H88O2. The van der Waals surface area contributed by atoms with Gasteiger partial charge in [0.1, 0.15) is 0 Å². The van der Waals surface area contributed by atoms with Gasteiger partial charge in [0.25, 0.3) is 0 Å². The number of unbranched alkanes of at least 4 members (excludes halogenated alkanes) is 26. The molecule has 0 aliphatic carbocycles. The predicted molar refractivity (Wildman–Crippen MR) is 201 cm³/mol. The molecule has 0 spiro atoms. The topological polar surface area (TPSA) is 40.5 Å². The van der Waals surface area contributed by atoms with Crippen molar-refractivity contribution in [3.63, 3.8) is 0 Å². The van der Waals surface area contributed by atoms with E-state index in [2.05, 4.69) is 27.7 Å². The second kappa shape index (κ2) is 42.9. The van der Waals surface area contributed by atoms with Gasteiger partial charge in [0.2, 0.25) is 0 Å². The van der Waals surface area contributed by atoms with E-state index < -0.39 is 0 Å². The molecule has 0 aliphatic rings. The molecule has 0 fully saturated rings. The van der Waals surface area contributed by atoms with Crippen molar-refractivity contribution in [1.29, 1.82) is 0 Å². The average molecular weight is 625 g/mol. The molecule has 2 atom stereocenters. The number of aliphatic hydroxyl groups is 2. The van der Waals surface area contributed by atoms with Gasteiger partial charge in [-0.2, -0.15) is 0 Å². The number of rotatable bonds is 36. The van der Waals surface area contributed by atoms with Gasteiger partial charge in [0, 0.05) is 13.2 Å². The zero-order chi connectivity index (χ0) is 32.6. The maximum atomic E-state index is 9.61. The van der Waals surface area contributed by atoms with Crippen molar-refractivity contribution >= 4 is 0 Å². The Morgan fingerprint density at radius 3 is 0.591 bits per heavy atom. The second-order valence-electron chi connectivity index (χ2n) is 14.4. The normalized spacial score (nSPS) is 12.7. The Hall–Kier alpha value is -0.0800. The van der Waals surface area contributed by atoms with Crippen molar-refractivity contribution in [2.45, 2.75) is 246 Å². The maximum absolute atomic E-state index is 9.61. The zero-order valence-corrected chi connectivity index (χ0v) is 31.5. The van der Waals surface area contributed by atoms with Crippen molar-refractivity contribution in [1.82, 2.24) is 0 Å². The minimum Gasteiger partial charge on any atom is -0.396 e. The first kappa shape index (κ1) is 46.0. The van der Waals surface area contributed by atoms with E-state index in [1.807, 2.05) is 0 Å². The molecule has 268 valence electrons. The molecule has 0 aromatic carbocycles. The smallest absolute Gasteiger partial charge is 0.0459 e. The van der Waals surface area contributed by atoms with Crippen LogP contribution in [0.1, 0.15) is 246 Å². The highest BCUT2D eigenvalue weighted by atomic mass is 16.3. The van der Waals surface area contributed by atoms with Crippen molar-refractivity contribution in [3.05, 3.63) is 0 Å². The first-order valence-corrected chi connectivity index (χ1v) is 20.9. The Morgan fingerprint density at radius 2 is 0.409 bits per heavy atom. The molecule has 0 aliphatic heterocycles. The van der Waals surface area contributed by atoms with Crippen molar-refractivity contribution < 1.29 is 10.2 Å². The van der Waals surface area contributed by atoms with E-state index >= 15 is 0 Å². The molecule has 2 unspecified atom stereocenters. The summed E-state index contributed by atoms with van der Waals surface area (Å²) in [4.78, 5) is 0. The number of aliphatic hydroxyl groups excluding tert-OH is 2. The minimum atomic E-state index is 0.404. The number of hydrogen-bond acceptors (Lipinski definition) is 2. The van der Waals surface area contributed by atoms with E-state index in [0.717, 1.165) is 0 Å². The van der Waals surface area contributed by atoms with E-state index in [0.29, 0.717) is 25.0 Å². The lowest BCUT2D eigenvalue weighted by atomic mass is 9.94. The van der Waals surface area contributed by atoms with Crippen LogP contribution in [0.3, 0.4) is 0 Å². The molecule has 0 saturated heterocycles. The third-order valence-electron chi connectivity index (χ3n) is 9.88. The van der Waals surface area contributed by atoms with Crippen LogP contribution in [-0.4, -0.2) is 23.4 Å². The van der Waals surface area contributed by atoms with Crippen LogP contribution in [-0.2, 0) is 0 Å². The standard InChI is InChI=1S/C26H54O.C16H34O/c1-3-5-7-9-11-13-14-16-18-20-22-24-26(25-27)23-21-19-17-15-12-10-8-6-4-2;1-3-5-7-9-10-12-14-16(15-17)13-11-8-6-4-2/h26-27H,3-25H2,1-2H3;16-17H,3-15H2,1-2H3. The summed E-state index contributed by atoms with van der Waals surface area (Å²) < 4.78 is 0. The highest BCUT2D eigenvalue weighted by molar-refractivity contribution is 4.61. The highest BCUT2D eigenvalue weighted by Crippen LogP contribution is 2.20. The predicted octanol–water partition coefficient (Wildman–Crippen LogP) is 14.5. The fraction of sp³-hybridized carbons (Fsp3) is 1.00. The monoisotopic (exact) mass is 625 g/mol. The van der Waals surface area contributed by atoms with E-state index in [1.54, 1.807) is 0 Å². The quantitative estimate of drug-likeness (QED) is 0.0681. The molecule has 0 aromatic rings. The molecule has 0 rings (SSSR count). The summed E-state index contributed by atoms with van der Waals surface area (Å²) >= 11 is 0. The summed E-state index contributed by atoms with van der Waals surface area (Å²) in [6.07, 6.45) is 46.7. The molecule has 0 radical (unpaired) electrons. The van der Waals surface area contributed by atoms with Gasteiger partial charge >= 0.3 is 0 Å². The van der Waals surface area contributed by atoms with Crippen LogP contribution in [0, 0.1) is 11.8 Å². The summed E-state index contributed by atoms with van der Waals surface area (Å²) in [5.74, 6) is 1.16. The van der Waals surface area contributed by atoms with Crippen LogP contribution in [0.25, 0.3) is 0 Å². The molecule has 0 saturated carbocycles. The fourth-order valence-electron chi connectivity index (χ4n) is 6.57. The Bertz CT molecular complexity index is 465. The van der Waals surface area contributed by atoms with Crippen LogP contribution < -0.4 is 0 Å². The van der Waals surface area contributed by atoms with Gasteiger partial charge in [-0.25, -0.2) is 0 Å². The maximum Gasteiger partial charge on any atom is 0.0459 e. The van der Waals surface area contributed by atoms with Gasteiger partial charge in [-0.05, 0) is 37.5 Å². The van der Waals surface area contributed by atoms with Gasteiger partial charge in [0.15, 0.2) is 0 Å². The van der Waals surface area contributed by atoms with Gasteiger partial charge in [0.05, 0.1) is 0 Å². The van der Waals surface area contributed by atoms with E-state index in [9.17, 15) is 10.2 Å². The summed E-state index contributed by atoms with van der Waals surface area (Å²) in [5, 5.41) is 18.9. The van der Waals surface area contributed by atoms with E-state index in [1.165, 1.54) is 218 Å². The zero-order valence-electron chi connectivity index (χ0n) is 31.5. The van der Waals surface area contributed by atoms with E-state index in [-0.39, 0.29) is 0 Å². The lowest BCUT2D eigenvalue weighted by molar-refractivity contribution is 0.204. The van der Waals surface area contributed by atoms with Gasteiger partial charge in [-0.1, -0.05) is 220 Å². The van der Waals surface area contributed by atoms with Gasteiger partial charge in [-0.15, -0.1) is 0 Å². The average Bonchev–Trinajstić information content (AvgIpc) is 3.04. The first-order chi connectivity index (χ1) is 21.7. The molecule has 2 nitrogen and oxygen atoms in total. The third-order valence-corrected chi connectivity index (χ3v) is 9.88. The Labute approximate surface area is 280 Å². The second-order valence-corrected chi connectivity index (χ2v) is 14.4. The molecule has 2 N–H and O–H groups in total. The Kier molecular flexibility index (Phi) is 44.9. The highest BCUT2D eigenvalue weighted by Gasteiger charge is 2.08. The number of hydrogen-bond donors (Lipinski definition) is 2. The van der Waals surface area contributed by atoms with Crippen molar-refractivity contribution in [2.75, 3.05) is 13.2 Å².